The number of hydrogen-bond donors (Lipinski definition) is 0. The second-order valence-electron chi connectivity index (χ2n) is 4.09. The van der Waals surface area contributed by atoms with E-state index in [2.05, 4.69) is 4.74 Å². The fourth-order valence-electron chi connectivity index (χ4n) is 1.74. The first-order chi connectivity index (χ1) is 7.99. The Hall–Kier alpha value is -1.07. The molecule has 1 fully saturated rings. The molecule has 1 aliphatic carbocycles. The molecule has 0 amide bonds. The van der Waals surface area contributed by atoms with E-state index in [1.807, 2.05) is 18.2 Å². The normalized spacial score (nSPS) is 18.8. The lowest BCUT2D eigenvalue weighted by Crippen LogP contribution is -2.46. The second-order valence-corrected chi connectivity index (χ2v) is 4.09. The molecule has 1 aromatic carbocycles. The van der Waals surface area contributed by atoms with E-state index >= 15 is 0 Å². The maximum Gasteiger partial charge on any atom is 0.524 e. The van der Waals surface area contributed by atoms with Crippen LogP contribution < -0.4 is 0 Å². The van der Waals surface area contributed by atoms with Crippen LogP contribution in [0.15, 0.2) is 30.3 Å². The van der Waals surface area contributed by atoms with E-state index in [9.17, 15) is 13.2 Å². The minimum Gasteiger partial charge on any atom is -0.345 e. The number of benzene rings is 1. The summed E-state index contributed by atoms with van der Waals surface area (Å²) in [5.74, 6) is -1.46. The number of hydrogen-bond acceptors (Lipinski definition) is 2. The first-order valence-corrected chi connectivity index (χ1v) is 5.44. The van der Waals surface area contributed by atoms with Crippen LogP contribution in [0.4, 0.5) is 13.2 Å². The molecule has 94 valence electrons. The average Bonchev–Trinajstić information content (AvgIpc) is 2.22. The Kier molecular flexibility index (Phi) is 3.40. The van der Waals surface area contributed by atoms with Gasteiger partial charge in [-0.25, -0.2) is 0 Å². The Labute approximate surface area is 97.3 Å². The molecule has 5 heteroatoms. The zero-order valence-corrected chi connectivity index (χ0v) is 9.17. The summed E-state index contributed by atoms with van der Waals surface area (Å²) in [4.78, 5) is 0. The van der Waals surface area contributed by atoms with Gasteiger partial charge in [-0.05, 0) is 12.0 Å². The maximum atomic E-state index is 12.2. The lowest BCUT2D eigenvalue weighted by atomic mass is 9.91. The van der Waals surface area contributed by atoms with E-state index in [1.54, 1.807) is 12.1 Å². The summed E-state index contributed by atoms with van der Waals surface area (Å²) >= 11 is 0. The van der Waals surface area contributed by atoms with Crippen molar-refractivity contribution in [1.82, 2.24) is 0 Å². The molecule has 0 aromatic heterocycles. The first-order valence-electron chi connectivity index (χ1n) is 5.44. The molecule has 0 bridgehead atoms. The van der Waals surface area contributed by atoms with E-state index in [0.717, 1.165) is 5.56 Å². The summed E-state index contributed by atoms with van der Waals surface area (Å²) < 4.78 is 45.9. The molecule has 2 rings (SSSR count). The van der Waals surface area contributed by atoms with Gasteiger partial charge in [0.1, 0.15) is 0 Å². The molecule has 0 radical (unpaired) electrons. The van der Waals surface area contributed by atoms with Crippen molar-refractivity contribution in [1.29, 1.82) is 0 Å². The van der Waals surface area contributed by atoms with Gasteiger partial charge in [-0.2, -0.15) is 0 Å². The van der Waals surface area contributed by atoms with E-state index in [0.29, 0.717) is 19.3 Å². The minimum absolute atomic E-state index is 0.136. The van der Waals surface area contributed by atoms with Crippen molar-refractivity contribution in [3.8, 4) is 0 Å². The SMILES string of the molecule is FC(F)(F)OC1(OCc2ccccc2)CCC1. The first kappa shape index (κ1) is 12.4. The van der Waals surface area contributed by atoms with Crippen molar-refractivity contribution in [3.05, 3.63) is 35.9 Å². The van der Waals surface area contributed by atoms with Gasteiger partial charge in [-0.1, -0.05) is 30.3 Å². The van der Waals surface area contributed by atoms with E-state index in [1.165, 1.54) is 0 Å². The molecular formula is C12H13F3O2. The summed E-state index contributed by atoms with van der Waals surface area (Å²) in [7, 11) is 0. The maximum absolute atomic E-state index is 12.2. The number of ether oxygens (including phenoxy) is 2. The van der Waals surface area contributed by atoms with E-state index in [4.69, 9.17) is 4.74 Å². The smallest absolute Gasteiger partial charge is 0.345 e. The highest BCUT2D eigenvalue weighted by Gasteiger charge is 2.48. The molecule has 0 aliphatic heterocycles. The largest absolute Gasteiger partial charge is 0.524 e. The molecule has 0 heterocycles. The van der Waals surface area contributed by atoms with Crippen molar-refractivity contribution in [3.63, 3.8) is 0 Å². The molecule has 0 N–H and O–H groups in total. The van der Waals surface area contributed by atoms with Gasteiger partial charge in [-0.15, -0.1) is 13.2 Å². The zero-order chi connectivity index (χ0) is 12.4. The van der Waals surface area contributed by atoms with Crippen molar-refractivity contribution in [2.75, 3.05) is 0 Å². The second kappa shape index (κ2) is 4.66. The summed E-state index contributed by atoms with van der Waals surface area (Å²) in [6.07, 6.45) is -3.36. The topological polar surface area (TPSA) is 18.5 Å². The number of halogens is 3. The molecule has 0 unspecified atom stereocenters. The van der Waals surface area contributed by atoms with Crippen LogP contribution in [0.3, 0.4) is 0 Å². The quantitative estimate of drug-likeness (QED) is 0.755. The molecular weight excluding hydrogens is 233 g/mol. The van der Waals surface area contributed by atoms with Crippen molar-refractivity contribution in [2.45, 2.75) is 38.0 Å². The van der Waals surface area contributed by atoms with Crippen LogP contribution in [-0.4, -0.2) is 12.1 Å². The third-order valence-corrected chi connectivity index (χ3v) is 2.76. The van der Waals surface area contributed by atoms with Gasteiger partial charge in [-0.3, -0.25) is 4.74 Å². The van der Waals surface area contributed by atoms with Gasteiger partial charge in [0.2, 0.25) is 0 Å². The van der Waals surface area contributed by atoms with Crippen molar-refractivity contribution >= 4 is 0 Å². The van der Waals surface area contributed by atoms with Gasteiger partial charge in [0, 0.05) is 12.8 Å². The highest BCUT2D eigenvalue weighted by molar-refractivity contribution is 5.13. The molecule has 1 saturated carbocycles. The van der Waals surface area contributed by atoms with Gasteiger partial charge in [0.05, 0.1) is 6.61 Å². The lowest BCUT2D eigenvalue weighted by Gasteiger charge is -2.41. The fraction of sp³-hybridized carbons (Fsp3) is 0.500. The van der Waals surface area contributed by atoms with Crippen LogP contribution >= 0.6 is 0 Å². The van der Waals surface area contributed by atoms with Crippen LogP contribution in [0.5, 0.6) is 0 Å². The Morgan fingerprint density at radius 3 is 2.24 bits per heavy atom. The number of alkyl halides is 3. The van der Waals surface area contributed by atoms with Crippen LogP contribution in [0.1, 0.15) is 24.8 Å². The Bertz CT molecular complexity index is 358. The third-order valence-electron chi connectivity index (χ3n) is 2.76. The minimum atomic E-state index is -4.64. The summed E-state index contributed by atoms with van der Waals surface area (Å²) in [5.41, 5.74) is 0.838. The molecule has 1 aromatic rings. The van der Waals surface area contributed by atoms with Crippen LogP contribution in [0, 0.1) is 0 Å². The molecule has 0 saturated heterocycles. The van der Waals surface area contributed by atoms with Crippen molar-refractivity contribution < 1.29 is 22.6 Å². The monoisotopic (exact) mass is 246 g/mol. The Morgan fingerprint density at radius 2 is 1.76 bits per heavy atom. The molecule has 0 spiro atoms. The van der Waals surface area contributed by atoms with Crippen molar-refractivity contribution in [2.24, 2.45) is 0 Å². The van der Waals surface area contributed by atoms with Gasteiger partial charge < -0.3 is 4.74 Å². The standard InChI is InChI=1S/C12H13F3O2/c13-12(14,15)17-11(7-4-8-11)16-9-10-5-2-1-3-6-10/h1-3,5-6H,4,7-9H2. The highest BCUT2D eigenvalue weighted by atomic mass is 19.4. The lowest BCUT2D eigenvalue weighted by molar-refractivity contribution is -0.436. The Balaban J connectivity index is 1.92. The van der Waals surface area contributed by atoms with Crippen LogP contribution in [-0.2, 0) is 16.1 Å². The summed E-state index contributed by atoms with van der Waals surface area (Å²) in [6.45, 7) is 0.136. The molecule has 17 heavy (non-hydrogen) atoms. The summed E-state index contributed by atoms with van der Waals surface area (Å²) in [6, 6.07) is 9.09. The molecule has 1 aliphatic rings. The third kappa shape index (κ3) is 3.44. The molecule has 0 atom stereocenters. The van der Waals surface area contributed by atoms with E-state index in [-0.39, 0.29) is 6.61 Å². The van der Waals surface area contributed by atoms with Gasteiger partial charge in [0.25, 0.3) is 0 Å². The van der Waals surface area contributed by atoms with Crippen LogP contribution in [0.25, 0.3) is 0 Å². The highest BCUT2D eigenvalue weighted by Crippen LogP contribution is 2.41. The number of rotatable bonds is 4. The fourth-order valence-corrected chi connectivity index (χ4v) is 1.74. The molecule has 2 nitrogen and oxygen atoms in total. The van der Waals surface area contributed by atoms with Gasteiger partial charge >= 0.3 is 6.36 Å². The van der Waals surface area contributed by atoms with E-state index < -0.39 is 12.1 Å². The van der Waals surface area contributed by atoms with Crippen LogP contribution in [0.2, 0.25) is 0 Å². The summed E-state index contributed by atoms with van der Waals surface area (Å²) in [5, 5.41) is 0. The predicted molar refractivity (Wildman–Crippen MR) is 55.0 cm³/mol. The average molecular weight is 246 g/mol. The predicted octanol–water partition coefficient (Wildman–Crippen LogP) is 3.62. The Morgan fingerprint density at radius 1 is 1.12 bits per heavy atom. The zero-order valence-electron chi connectivity index (χ0n) is 9.17. The van der Waals surface area contributed by atoms with Gasteiger partial charge in [0.15, 0.2) is 5.79 Å².